The molecule has 4 heteroatoms. The lowest BCUT2D eigenvalue weighted by atomic mass is 10.1. The Bertz CT molecular complexity index is 822. The van der Waals surface area contributed by atoms with Crippen molar-refractivity contribution in [2.45, 2.75) is 19.9 Å². The monoisotopic (exact) mass is 373 g/mol. The molecule has 2 nitrogen and oxygen atoms in total. The SMILES string of the molecule is CCc1c(-c2ccc(Cl)cc2)nc2n1Cc1ccccc1-2.[Br-]. The molecule has 0 saturated heterocycles. The van der Waals surface area contributed by atoms with Crippen molar-refractivity contribution in [3.05, 3.63) is 64.8 Å². The van der Waals surface area contributed by atoms with Gasteiger partial charge in [-0.15, -0.1) is 0 Å². The van der Waals surface area contributed by atoms with Crippen LogP contribution in [0.15, 0.2) is 48.5 Å². The maximum atomic E-state index is 5.99. The maximum Gasteiger partial charge on any atom is 0.141 e. The lowest BCUT2D eigenvalue weighted by Gasteiger charge is -2.06. The van der Waals surface area contributed by atoms with Gasteiger partial charge in [0.05, 0.1) is 12.2 Å². The first kappa shape index (κ1) is 15.3. The number of fused-ring (bicyclic) bond motifs is 3. The largest absolute Gasteiger partial charge is 1.00 e. The molecule has 0 atom stereocenters. The second kappa shape index (κ2) is 5.90. The van der Waals surface area contributed by atoms with Gasteiger partial charge in [-0.1, -0.05) is 54.9 Å². The molecule has 3 aromatic rings. The summed E-state index contributed by atoms with van der Waals surface area (Å²) in [5, 5.41) is 0.758. The van der Waals surface area contributed by atoms with E-state index in [0.717, 1.165) is 35.1 Å². The lowest BCUT2D eigenvalue weighted by molar-refractivity contribution is -0.00000413. The molecule has 112 valence electrons. The minimum absolute atomic E-state index is 0. The Morgan fingerprint density at radius 3 is 2.55 bits per heavy atom. The van der Waals surface area contributed by atoms with Crippen LogP contribution in [0.25, 0.3) is 22.6 Å². The third-order valence-corrected chi connectivity index (χ3v) is 4.36. The third-order valence-electron chi connectivity index (χ3n) is 4.11. The van der Waals surface area contributed by atoms with Crippen LogP contribution < -0.4 is 17.0 Å². The summed E-state index contributed by atoms with van der Waals surface area (Å²) in [7, 11) is 0. The summed E-state index contributed by atoms with van der Waals surface area (Å²) in [5.41, 5.74) is 6.13. The Balaban J connectivity index is 0.00000144. The molecule has 1 aliphatic heterocycles. The first-order valence-electron chi connectivity index (χ1n) is 7.21. The van der Waals surface area contributed by atoms with E-state index >= 15 is 0 Å². The zero-order chi connectivity index (χ0) is 14.4. The quantitative estimate of drug-likeness (QED) is 0.523. The van der Waals surface area contributed by atoms with Gasteiger partial charge in [0.2, 0.25) is 0 Å². The van der Waals surface area contributed by atoms with Crippen molar-refractivity contribution in [2.24, 2.45) is 0 Å². The van der Waals surface area contributed by atoms with Gasteiger partial charge in [0.15, 0.2) is 0 Å². The number of benzene rings is 2. The molecule has 0 amide bonds. The molecule has 2 aromatic carbocycles. The molecule has 2 heterocycles. The topological polar surface area (TPSA) is 17.8 Å². The standard InChI is InChI=1S/C18H15ClN2.BrH/c1-2-16-17(12-7-9-14(19)10-8-12)20-18-15-6-4-3-5-13(15)11-21(16)18;/h3-10H,2,11H2,1H3;1H/p-1. The number of rotatable bonds is 2. The summed E-state index contributed by atoms with van der Waals surface area (Å²) in [5.74, 6) is 1.09. The Hall–Kier alpha value is -1.58. The fraction of sp³-hybridized carbons (Fsp3) is 0.167. The first-order chi connectivity index (χ1) is 10.3. The second-order valence-corrected chi connectivity index (χ2v) is 5.77. The Labute approximate surface area is 145 Å². The molecule has 1 aliphatic rings. The number of aromatic nitrogens is 2. The van der Waals surface area contributed by atoms with Crippen molar-refractivity contribution >= 4 is 11.6 Å². The fourth-order valence-electron chi connectivity index (χ4n) is 3.11. The molecular formula is C18H15BrClN2-. The molecule has 0 unspecified atom stereocenters. The molecule has 0 spiro atoms. The predicted molar refractivity (Wildman–Crippen MR) is 86.6 cm³/mol. The molecule has 0 radical (unpaired) electrons. The molecule has 0 aliphatic carbocycles. The molecule has 0 N–H and O–H groups in total. The Kier molecular flexibility index (Phi) is 4.11. The molecule has 0 bridgehead atoms. The van der Waals surface area contributed by atoms with Crippen molar-refractivity contribution in [3.8, 4) is 22.6 Å². The van der Waals surface area contributed by atoms with Gasteiger partial charge in [-0.25, -0.2) is 4.98 Å². The van der Waals surface area contributed by atoms with E-state index in [0.29, 0.717) is 0 Å². The number of imidazole rings is 1. The molecule has 0 fully saturated rings. The number of halogens is 2. The summed E-state index contributed by atoms with van der Waals surface area (Å²) in [6.45, 7) is 3.11. The molecule has 0 saturated carbocycles. The molecule has 4 rings (SSSR count). The lowest BCUT2D eigenvalue weighted by Crippen LogP contribution is -3.00. The molecule has 22 heavy (non-hydrogen) atoms. The van der Waals surface area contributed by atoms with E-state index < -0.39 is 0 Å². The predicted octanol–water partition coefficient (Wildman–Crippen LogP) is 1.80. The molecule has 1 aromatic heterocycles. The third kappa shape index (κ3) is 2.29. The van der Waals surface area contributed by atoms with Gasteiger partial charge in [-0.05, 0) is 24.1 Å². The van der Waals surface area contributed by atoms with Gasteiger partial charge < -0.3 is 21.5 Å². The highest BCUT2D eigenvalue weighted by Gasteiger charge is 2.25. The Morgan fingerprint density at radius 1 is 1.09 bits per heavy atom. The van der Waals surface area contributed by atoms with E-state index in [9.17, 15) is 0 Å². The van der Waals surface area contributed by atoms with E-state index in [4.69, 9.17) is 16.6 Å². The van der Waals surface area contributed by atoms with E-state index in [1.165, 1.54) is 16.8 Å². The summed E-state index contributed by atoms with van der Waals surface area (Å²) >= 11 is 5.99. The van der Waals surface area contributed by atoms with Crippen molar-refractivity contribution in [1.82, 2.24) is 9.55 Å². The van der Waals surface area contributed by atoms with Crippen LogP contribution in [0, 0.1) is 0 Å². The minimum Gasteiger partial charge on any atom is -1.00 e. The maximum absolute atomic E-state index is 5.99. The average Bonchev–Trinajstić information content (AvgIpc) is 3.03. The highest BCUT2D eigenvalue weighted by Crippen LogP contribution is 2.36. The molecular weight excluding hydrogens is 360 g/mol. The van der Waals surface area contributed by atoms with Crippen molar-refractivity contribution in [2.75, 3.05) is 0 Å². The van der Waals surface area contributed by atoms with Crippen LogP contribution in [-0.2, 0) is 13.0 Å². The summed E-state index contributed by atoms with van der Waals surface area (Å²) in [6.07, 6.45) is 0.971. The summed E-state index contributed by atoms with van der Waals surface area (Å²) < 4.78 is 2.34. The van der Waals surface area contributed by atoms with Crippen LogP contribution in [0.1, 0.15) is 18.2 Å². The zero-order valence-corrected chi connectivity index (χ0v) is 14.5. The van der Waals surface area contributed by atoms with Gasteiger partial charge in [-0.2, -0.15) is 0 Å². The van der Waals surface area contributed by atoms with Crippen LogP contribution >= 0.6 is 11.6 Å². The van der Waals surface area contributed by atoms with Gasteiger partial charge in [0, 0.05) is 21.8 Å². The highest BCUT2D eigenvalue weighted by atomic mass is 79.9. The number of hydrogen-bond acceptors (Lipinski definition) is 1. The van der Waals surface area contributed by atoms with E-state index in [-0.39, 0.29) is 17.0 Å². The van der Waals surface area contributed by atoms with Gasteiger partial charge in [-0.3, -0.25) is 0 Å². The number of nitrogens with zero attached hydrogens (tertiary/aromatic N) is 2. The highest BCUT2D eigenvalue weighted by molar-refractivity contribution is 6.30. The van der Waals surface area contributed by atoms with Gasteiger partial charge >= 0.3 is 0 Å². The van der Waals surface area contributed by atoms with E-state index in [1.807, 2.05) is 24.3 Å². The van der Waals surface area contributed by atoms with Crippen LogP contribution in [-0.4, -0.2) is 9.55 Å². The zero-order valence-electron chi connectivity index (χ0n) is 12.2. The average molecular weight is 375 g/mol. The van der Waals surface area contributed by atoms with Gasteiger partial charge in [0.25, 0.3) is 0 Å². The summed E-state index contributed by atoms with van der Waals surface area (Å²) in [6, 6.07) is 16.5. The number of hydrogen-bond donors (Lipinski definition) is 0. The first-order valence-corrected chi connectivity index (χ1v) is 7.59. The smallest absolute Gasteiger partial charge is 0.141 e. The van der Waals surface area contributed by atoms with Crippen LogP contribution in [0.3, 0.4) is 0 Å². The fourth-order valence-corrected chi connectivity index (χ4v) is 3.23. The normalized spacial score (nSPS) is 11.7. The Morgan fingerprint density at radius 2 is 1.82 bits per heavy atom. The van der Waals surface area contributed by atoms with Crippen LogP contribution in [0.2, 0.25) is 5.02 Å². The van der Waals surface area contributed by atoms with Crippen molar-refractivity contribution in [3.63, 3.8) is 0 Å². The van der Waals surface area contributed by atoms with E-state index in [2.05, 4.69) is 35.8 Å². The van der Waals surface area contributed by atoms with Crippen LogP contribution in [0.4, 0.5) is 0 Å². The van der Waals surface area contributed by atoms with E-state index in [1.54, 1.807) is 0 Å². The summed E-state index contributed by atoms with van der Waals surface area (Å²) in [4.78, 5) is 4.92. The minimum atomic E-state index is 0. The second-order valence-electron chi connectivity index (χ2n) is 5.33. The van der Waals surface area contributed by atoms with Crippen LogP contribution in [0.5, 0.6) is 0 Å². The van der Waals surface area contributed by atoms with Crippen molar-refractivity contribution in [1.29, 1.82) is 0 Å². The van der Waals surface area contributed by atoms with Gasteiger partial charge in [0.1, 0.15) is 5.82 Å². The van der Waals surface area contributed by atoms with Crippen molar-refractivity contribution < 1.29 is 17.0 Å².